The Kier molecular flexibility index (Phi) is 4.42. The molecule has 1 saturated heterocycles. The normalized spacial score (nSPS) is 19.2. The van der Waals surface area contributed by atoms with Crippen molar-refractivity contribution in [3.63, 3.8) is 0 Å². The monoisotopic (exact) mass is 284 g/mol. The first-order valence-corrected chi connectivity index (χ1v) is 6.90. The molecular formula is C12H21ClN6. The number of halogens is 1. The quantitative estimate of drug-likeness (QED) is 0.877. The van der Waals surface area contributed by atoms with Gasteiger partial charge in [0, 0.05) is 13.6 Å². The van der Waals surface area contributed by atoms with E-state index in [0.29, 0.717) is 11.9 Å². The lowest BCUT2D eigenvalue weighted by Gasteiger charge is -2.37. The van der Waals surface area contributed by atoms with Gasteiger partial charge >= 0.3 is 0 Å². The lowest BCUT2D eigenvalue weighted by molar-refractivity contribution is 0.150. The first-order chi connectivity index (χ1) is 9.00. The minimum Gasteiger partial charge on any atom is -0.357 e. The summed E-state index contributed by atoms with van der Waals surface area (Å²) >= 11 is 5.86. The molecule has 2 N–H and O–H groups in total. The summed E-state index contributed by atoms with van der Waals surface area (Å²) in [5.74, 6) is 1.01. The Morgan fingerprint density at radius 1 is 1.21 bits per heavy atom. The summed E-state index contributed by atoms with van der Waals surface area (Å²) in [7, 11) is 3.92. The first kappa shape index (κ1) is 14.3. The van der Waals surface area contributed by atoms with E-state index in [9.17, 15) is 0 Å². The molecule has 0 saturated carbocycles. The molecule has 0 atom stereocenters. The maximum atomic E-state index is 5.86. The zero-order valence-electron chi connectivity index (χ0n) is 11.7. The predicted octanol–water partition coefficient (Wildman–Crippen LogP) is 1.71. The molecule has 106 valence electrons. The third-order valence-corrected chi connectivity index (χ3v) is 3.87. The van der Waals surface area contributed by atoms with Crippen LogP contribution in [0.3, 0.4) is 0 Å². The summed E-state index contributed by atoms with van der Waals surface area (Å²) in [5, 5.41) is 6.35. The van der Waals surface area contributed by atoms with Crippen LogP contribution in [0.1, 0.15) is 19.8 Å². The van der Waals surface area contributed by atoms with Crippen molar-refractivity contribution in [1.29, 1.82) is 0 Å². The van der Waals surface area contributed by atoms with E-state index in [2.05, 4.69) is 44.5 Å². The molecule has 1 aromatic rings. The van der Waals surface area contributed by atoms with E-state index in [1.807, 2.05) is 0 Å². The van der Waals surface area contributed by atoms with Gasteiger partial charge in [-0.15, -0.1) is 0 Å². The van der Waals surface area contributed by atoms with E-state index in [0.717, 1.165) is 19.6 Å². The van der Waals surface area contributed by atoms with Gasteiger partial charge in [-0.05, 0) is 50.0 Å². The summed E-state index contributed by atoms with van der Waals surface area (Å²) in [6, 6.07) is 0. The molecular weight excluding hydrogens is 264 g/mol. The molecule has 0 unspecified atom stereocenters. The lowest BCUT2D eigenvalue weighted by atomic mass is 9.80. The van der Waals surface area contributed by atoms with Gasteiger partial charge in [-0.2, -0.15) is 15.0 Å². The van der Waals surface area contributed by atoms with Crippen LogP contribution in [0.4, 0.5) is 11.9 Å². The highest BCUT2D eigenvalue weighted by Gasteiger charge is 2.28. The molecule has 7 heteroatoms. The summed E-state index contributed by atoms with van der Waals surface area (Å²) < 4.78 is 0. The molecule has 2 heterocycles. The van der Waals surface area contributed by atoms with Crippen molar-refractivity contribution in [1.82, 2.24) is 19.9 Å². The molecule has 1 fully saturated rings. The Morgan fingerprint density at radius 2 is 1.84 bits per heavy atom. The molecule has 1 aromatic heterocycles. The van der Waals surface area contributed by atoms with Crippen LogP contribution in [0.2, 0.25) is 5.28 Å². The Morgan fingerprint density at radius 3 is 2.47 bits per heavy atom. The second kappa shape index (κ2) is 5.88. The van der Waals surface area contributed by atoms with Crippen LogP contribution in [0, 0.1) is 5.41 Å². The van der Waals surface area contributed by atoms with Gasteiger partial charge in [0.1, 0.15) is 0 Å². The van der Waals surface area contributed by atoms with Gasteiger partial charge in [0.2, 0.25) is 17.2 Å². The molecule has 1 aliphatic heterocycles. The van der Waals surface area contributed by atoms with Gasteiger partial charge in [-0.3, -0.25) is 0 Å². The summed E-state index contributed by atoms with van der Waals surface area (Å²) in [4.78, 5) is 14.7. The number of piperidine rings is 1. The van der Waals surface area contributed by atoms with Crippen molar-refractivity contribution < 1.29 is 0 Å². The molecule has 0 amide bonds. The largest absolute Gasteiger partial charge is 0.357 e. The number of aromatic nitrogens is 3. The molecule has 0 spiro atoms. The van der Waals surface area contributed by atoms with Gasteiger partial charge in [-0.1, -0.05) is 6.92 Å². The zero-order valence-corrected chi connectivity index (χ0v) is 12.5. The minimum atomic E-state index is 0.204. The summed E-state index contributed by atoms with van der Waals surface area (Å²) in [6.45, 7) is 5.43. The topological polar surface area (TPSA) is 66.0 Å². The van der Waals surface area contributed by atoms with Crippen LogP contribution >= 0.6 is 11.6 Å². The number of nitrogens with one attached hydrogen (secondary N) is 2. The average Bonchev–Trinajstić information content (AvgIpc) is 2.40. The first-order valence-electron chi connectivity index (χ1n) is 6.52. The maximum Gasteiger partial charge on any atom is 0.228 e. The van der Waals surface area contributed by atoms with Crippen molar-refractivity contribution in [3.05, 3.63) is 5.28 Å². The van der Waals surface area contributed by atoms with E-state index < -0.39 is 0 Å². The van der Waals surface area contributed by atoms with Crippen molar-refractivity contribution in [2.24, 2.45) is 5.41 Å². The van der Waals surface area contributed by atoms with E-state index in [-0.39, 0.29) is 10.7 Å². The molecule has 0 aliphatic carbocycles. The average molecular weight is 285 g/mol. The van der Waals surface area contributed by atoms with E-state index in [4.69, 9.17) is 11.6 Å². The second-order valence-corrected chi connectivity index (χ2v) is 5.81. The minimum absolute atomic E-state index is 0.204. The summed E-state index contributed by atoms with van der Waals surface area (Å²) in [5.41, 5.74) is 0.283. The SMILES string of the molecule is CNc1nc(Cl)nc(NCC2(C)CCN(C)CC2)n1. The van der Waals surface area contributed by atoms with Crippen LogP contribution in [0.25, 0.3) is 0 Å². The smallest absolute Gasteiger partial charge is 0.228 e. The van der Waals surface area contributed by atoms with Crippen molar-refractivity contribution in [2.45, 2.75) is 19.8 Å². The van der Waals surface area contributed by atoms with Gasteiger partial charge in [0.25, 0.3) is 0 Å². The Hall–Kier alpha value is -1.14. The van der Waals surface area contributed by atoms with Crippen LogP contribution < -0.4 is 10.6 Å². The Balaban J connectivity index is 1.96. The lowest BCUT2D eigenvalue weighted by Crippen LogP contribution is -2.40. The van der Waals surface area contributed by atoms with Gasteiger partial charge in [-0.25, -0.2) is 0 Å². The number of nitrogens with zero attached hydrogens (tertiary/aromatic N) is 4. The fraction of sp³-hybridized carbons (Fsp3) is 0.750. The number of rotatable bonds is 4. The van der Waals surface area contributed by atoms with E-state index in [1.165, 1.54) is 12.8 Å². The van der Waals surface area contributed by atoms with Crippen molar-refractivity contribution in [2.75, 3.05) is 44.4 Å². The predicted molar refractivity (Wildman–Crippen MR) is 77.7 cm³/mol. The number of likely N-dealkylation sites (tertiary alicyclic amines) is 1. The second-order valence-electron chi connectivity index (χ2n) is 5.47. The van der Waals surface area contributed by atoms with E-state index in [1.54, 1.807) is 7.05 Å². The highest BCUT2D eigenvalue weighted by molar-refractivity contribution is 6.28. The number of anilines is 2. The zero-order chi connectivity index (χ0) is 13.9. The van der Waals surface area contributed by atoms with Crippen LogP contribution in [-0.2, 0) is 0 Å². The molecule has 19 heavy (non-hydrogen) atoms. The fourth-order valence-electron chi connectivity index (χ4n) is 2.17. The molecule has 2 rings (SSSR count). The molecule has 0 aromatic carbocycles. The third kappa shape index (κ3) is 3.91. The number of hydrogen-bond acceptors (Lipinski definition) is 6. The Bertz CT molecular complexity index is 430. The van der Waals surface area contributed by atoms with Crippen molar-refractivity contribution in [3.8, 4) is 0 Å². The van der Waals surface area contributed by atoms with Crippen molar-refractivity contribution >= 4 is 23.5 Å². The number of hydrogen-bond donors (Lipinski definition) is 2. The van der Waals surface area contributed by atoms with Gasteiger partial charge in [0.05, 0.1) is 0 Å². The fourth-order valence-corrected chi connectivity index (χ4v) is 2.33. The summed E-state index contributed by atoms with van der Waals surface area (Å²) in [6.07, 6.45) is 2.35. The van der Waals surface area contributed by atoms with E-state index >= 15 is 0 Å². The molecule has 0 radical (unpaired) electrons. The van der Waals surface area contributed by atoms with Crippen LogP contribution in [-0.4, -0.2) is 53.6 Å². The van der Waals surface area contributed by atoms with Crippen LogP contribution in [0.15, 0.2) is 0 Å². The molecule has 6 nitrogen and oxygen atoms in total. The molecule has 0 bridgehead atoms. The molecule has 1 aliphatic rings. The Labute approximate surface area is 119 Å². The highest BCUT2D eigenvalue weighted by atomic mass is 35.5. The third-order valence-electron chi connectivity index (χ3n) is 3.70. The highest BCUT2D eigenvalue weighted by Crippen LogP contribution is 2.30. The van der Waals surface area contributed by atoms with Gasteiger partial charge < -0.3 is 15.5 Å². The maximum absolute atomic E-state index is 5.86. The van der Waals surface area contributed by atoms with Crippen LogP contribution in [0.5, 0.6) is 0 Å². The van der Waals surface area contributed by atoms with Gasteiger partial charge in [0.15, 0.2) is 0 Å². The standard InChI is InChI=1S/C12H21ClN6/c1-12(4-6-19(3)7-5-12)8-15-11-17-9(13)16-10(14-2)18-11/h4-8H2,1-3H3,(H2,14,15,16,17,18).